The summed E-state index contributed by atoms with van der Waals surface area (Å²) in [4.78, 5) is 12.1. The van der Waals surface area contributed by atoms with E-state index in [1.165, 1.54) is 32.1 Å². The maximum absolute atomic E-state index is 12.1. The topological polar surface area (TPSA) is 37.3 Å². The number of carbonyl (C=O) groups is 1. The van der Waals surface area contributed by atoms with Gasteiger partial charge in [0.05, 0.1) is 6.10 Å². The van der Waals surface area contributed by atoms with Crippen LogP contribution in [0.15, 0.2) is 0 Å². The molecule has 4 aliphatic carbocycles. The summed E-state index contributed by atoms with van der Waals surface area (Å²) < 4.78 is 0. The van der Waals surface area contributed by atoms with Gasteiger partial charge >= 0.3 is 0 Å². The highest BCUT2D eigenvalue weighted by Gasteiger charge is 2.58. The van der Waals surface area contributed by atoms with Crippen molar-refractivity contribution in [3.63, 3.8) is 0 Å². The molecule has 4 fully saturated rings. The minimum atomic E-state index is -0.0738. The largest absolute Gasteiger partial charge is 0.393 e. The van der Waals surface area contributed by atoms with E-state index in [9.17, 15) is 9.90 Å². The zero-order valence-corrected chi connectivity index (χ0v) is 12.8. The fourth-order valence-electron chi connectivity index (χ4n) is 6.73. The molecule has 2 nitrogen and oxygen atoms in total. The molecule has 0 heterocycles. The first-order valence-electron chi connectivity index (χ1n) is 8.73. The van der Waals surface area contributed by atoms with Crippen LogP contribution in [0, 0.1) is 40.9 Å². The molecule has 4 rings (SSSR count). The van der Waals surface area contributed by atoms with Gasteiger partial charge in [-0.15, -0.1) is 0 Å². The molecule has 0 spiro atoms. The van der Waals surface area contributed by atoms with Gasteiger partial charge in [-0.25, -0.2) is 0 Å². The summed E-state index contributed by atoms with van der Waals surface area (Å²) in [5.74, 6) is 4.52. The van der Waals surface area contributed by atoms with Crippen molar-refractivity contribution in [1.82, 2.24) is 0 Å². The van der Waals surface area contributed by atoms with Crippen LogP contribution in [0.3, 0.4) is 0 Å². The maximum Gasteiger partial charge on any atom is 0.136 e. The Morgan fingerprint density at radius 1 is 1.00 bits per heavy atom. The first kappa shape index (κ1) is 13.3. The first-order valence-corrected chi connectivity index (χ1v) is 8.73. The second-order valence-corrected chi connectivity index (χ2v) is 8.44. The number of ketones is 1. The number of aliphatic hydroxyl groups excluding tert-OH is 1. The molecule has 0 aromatic carbocycles. The average molecular weight is 276 g/mol. The summed E-state index contributed by atoms with van der Waals surface area (Å²) in [6.07, 6.45) is 8.04. The molecule has 0 aliphatic heterocycles. The monoisotopic (exact) mass is 276 g/mol. The molecule has 20 heavy (non-hydrogen) atoms. The number of aliphatic hydroxyl groups is 1. The minimum Gasteiger partial charge on any atom is -0.393 e. The Bertz CT molecular complexity index is 431. The predicted molar refractivity (Wildman–Crippen MR) is 78.1 cm³/mol. The van der Waals surface area contributed by atoms with Crippen LogP contribution in [0.25, 0.3) is 0 Å². The van der Waals surface area contributed by atoms with E-state index < -0.39 is 0 Å². The van der Waals surface area contributed by atoms with Crippen LogP contribution in [0.5, 0.6) is 0 Å². The van der Waals surface area contributed by atoms with Gasteiger partial charge in [-0.2, -0.15) is 0 Å². The highest BCUT2D eigenvalue weighted by Crippen LogP contribution is 2.63. The molecular formula is C18H28O2. The van der Waals surface area contributed by atoms with Crippen LogP contribution in [0.2, 0.25) is 0 Å². The Hall–Kier alpha value is -0.370. The SMILES string of the molecule is C[C@@H]1C(=O)C[C@@H]2[C@H]3CC[C@]4(C)[C@@H](O)CC[C@H]4[C@@H]3CC[C@H]21. The van der Waals surface area contributed by atoms with Gasteiger partial charge in [0.25, 0.3) is 0 Å². The van der Waals surface area contributed by atoms with Gasteiger partial charge < -0.3 is 5.11 Å². The van der Waals surface area contributed by atoms with E-state index in [1.54, 1.807) is 0 Å². The maximum atomic E-state index is 12.1. The molecule has 0 aromatic rings. The third kappa shape index (κ3) is 1.58. The second-order valence-electron chi connectivity index (χ2n) is 8.44. The van der Waals surface area contributed by atoms with Crippen molar-refractivity contribution < 1.29 is 9.90 Å². The fraction of sp³-hybridized carbons (Fsp3) is 0.944. The van der Waals surface area contributed by atoms with Crippen LogP contribution in [-0.2, 0) is 4.79 Å². The molecule has 0 amide bonds. The lowest BCUT2D eigenvalue weighted by molar-refractivity contribution is -0.120. The lowest BCUT2D eigenvalue weighted by Crippen LogP contribution is -2.47. The van der Waals surface area contributed by atoms with Crippen LogP contribution < -0.4 is 0 Å². The molecule has 1 N–H and O–H groups in total. The van der Waals surface area contributed by atoms with Crippen LogP contribution >= 0.6 is 0 Å². The van der Waals surface area contributed by atoms with Gasteiger partial charge in [-0.3, -0.25) is 4.79 Å². The van der Waals surface area contributed by atoms with E-state index in [4.69, 9.17) is 0 Å². The van der Waals surface area contributed by atoms with Gasteiger partial charge in [0.15, 0.2) is 0 Å². The van der Waals surface area contributed by atoms with Crippen molar-refractivity contribution >= 4 is 5.78 Å². The predicted octanol–water partition coefficient (Wildman–Crippen LogP) is 3.42. The summed E-state index contributed by atoms with van der Waals surface area (Å²) in [5, 5.41) is 10.4. The quantitative estimate of drug-likeness (QED) is 0.736. The third-order valence-corrected chi connectivity index (χ3v) is 7.96. The summed E-state index contributed by atoms with van der Waals surface area (Å²) in [5.41, 5.74) is 0.183. The van der Waals surface area contributed by atoms with Crippen molar-refractivity contribution in [1.29, 1.82) is 0 Å². The number of fused-ring (bicyclic) bond motifs is 5. The zero-order chi connectivity index (χ0) is 14.1. The minimum absolute atomic E-state index is 0.0738. The Balaban J connectivity index is 1.62. The van der Waals surface area contributed by atoms with E-state index in [1.807, 2.05) is 0 Å². The molecule has 0 radical (unpaired) electrons. The van der Waals surface area contributed by atoms with Gasteiger partial charge in [0, 0.05) is 12.3 Å². The van der Waals surface area contributed by atoms with E-state index in [0.29, 0.717) is 23.5 Å². The van der Waals surface area contributed by atoms with E-state index in [2.05, 4.69) is 13.8 Å². The summed E-state index contributed by atoms with van der Waals surface area (Å²) in [6.45, 7) is 4.50. The van der Waals surface area contributed by atoms with Crippen molar-refractivity contribution in [2.45, 2.75) is 64.9 Å². The molecule has 112 valence electrons. The summed E-state index contributed by atoms with van der Waals surface area (Å²) in [7, 11) is 0. The lowest BCUT2D eigenvalue weighted by Gasteiger charge is -2.53. The Morgan fingerprint density at radius 2 is 1.75 bits per heavy atom. The van der Waals surface area contributed by atoms with Gasteiger partial charge in [-0.1, -0.05) is 13.8 Å². The molecule has 4 saturated carbocycles. The third-order valence-electron chi connectivity index (χ3n) is 7.96. The highest BCUT2D eigenvalue weighted by atomic mass is 16.3. The smallest absolute Gasteiger partial charge is 0.136 e. The van der Waals surface area contributed by atoms with E-state index in [0.717, 1.165) is 30.6 Å². The number of Topliss-reactive ketones (excluding diaryl/α,β-unsaturated/α-hetero) is 1. The molecule has 4 aliphatic rings. The number of hydrogen-bond donors (Lipinski definition) is 1. The normalized spacial score (nSPS) is 58.1. The van der Waals surface area contributed by atoms with Gasteiger partial charge in [0.2, 0.25) is 0 Å². The standard InChI is InChI=1S/C18H28O2/c1-10-11-3-4-13-12(14(11)9-16(10)19)7-8-18(2)15(13)5-6-17(18)20/h10-15,17,20H,3-9H2,1-2H3/t10-,11-,12-,13+,14-,15-,17-,18-/m0/s1. The van der Waals surface area contributed by atoms with Gasteiger partial charge in [0.1, 0.15) is 5.78 Å². The van der Waals surface area contributed by atoms with E-state index in [-0.39, 0.29) is 11.5 Å². The molecule has 0 unspecified atom stereocenters. The molecule has 0 saturated heterocycles. The zero-order valence-electron chi connectivity index (χ0n) is 12.8. The van der Waals surface area contributed by atoms with E-state index >= 15 is 0 Å². The number of rotatable bonds is 0. The van der Waals surface area contributed by atoms with Crippen LogP contribution in [-0.4, -0.2) is 17.0 Å². The van der Waals surface area contributed by atoms with Crippen LogP contribution in [0.4, 0.5) is 0 Å². The highest BCUT2D eigenvalue weighted by molar-refractivity contribution is 5.83. The first-order chi connectivity index (χ1) is 9.52. The summed E-state index contributed by atoms with van der Waals surface area (Å²) >= 11 is 0. The molecular weight excluding hydrogens is 248 g/mol. The van der Waals surface area contributed by atoms with Gasteiger partial charge in [-0.05, 0) is 73.5 Å². The Morgan fingerprint density at radius 3 is 2.55 bits per heavy atom. The molecule has 0 aromatic heterocycles. The number of hydrogen-bond acceptors (Lipinski definition) is 2. The van der Waals surface area contributed by atoms with Crippen LogP contribution in [0.1, 0.15) is 58.8 Å². The lowest BCUT2D eigenvalue weighted by atomic mass is 9.52. The average Bonchev–Trinajstić information content (AvgIpc) is 2.89. The van der Waals surface area contributed by atoms with Crippen molar-refractivity contribution in [3.8, 4) is 0 Å². The van der Waals surface area contributed by atoms with Crippen molar-refractivity contribution in [2.75, 3.05) is 0 Å². The fourth-order valence-corrected chi connectivity index (χ4v) is 6.73. The molecule has 2 heteroatoms. The number of carbonyl (C=O) groups excluding carboxylic acids is 1. The second kappa shape index (κ2) is 4.32. The summed E-state index contributed by atoms with van der Waals surface area (Å²) in [6, 6.07) is 0. The Labute approximate surface area is 122 Å². The molecule has 0 bridgehead atoms. The Kier molecular flexibility index (Phi) is 2.87. The van der Waals surface area contributed by atoms with Crippen molar-refractivity contribution in [2.24, 2.45) is 40.9 Å². The molecule has 8 atom stereocenters. The van der Waals surface area contributed by atoms with Crippen molar-refractivity contribution in [3.05, 3.63) is 0 Å².